The summed E-state index contributed by atoms with van der Waals surface area (Å²) in [5, 5.41) is 9.97. The summed E-state index contributed by atoms with van der Waals surface area (Å²) >= 11 is 0. The van der Waals surface area contributed by atoms with Crippen LogP contribution < -0.4 is 0 Å². The number of hydrogen-bond donors (Lipinski definition) is 1. The third-order valence-corrected chi connectivity index (χ3v) is 4.61. The van der Waals surface area contributed by atoms with Crippen LogP contribution in [-0.2, 0) is 22.4 Å². The largest absolute Gasteiger partial charge is 0.469 e. The topological polar surface area (TPSA) is 59.7 Å². The molecule has 0 fully saturated rings. The van der Waals surface area contributed by atoms with Gasteiger partial charge in [0, 0.05) is 19.3 Å². The summed E-state index contributed by atoms with van der Waals surface area (Å²) < 4.78 is 10.5. The first-order valence-electron chi connectivity index (χ1n) is 9.98. The molecule has 0 saturated carbocycles. The Balaban J connectivity index is 2.06. The van der Waals surface area contributed by atoms with E-state index in [9.17, 15) is 9.90 Å². The van der Waals surface area contributed by atoms with Crippen LogP contribution in [0, 0.1) is 0 Å². The van der Waals surface area contributed by atoms with Crippen molar-refractivity contribution < 1.29 is 19.1 Å². The van der Waals surface area contributed by atoms with Gasteiger partial charge in [-0.05, 0) is 37.8 Å². The summed E-state index contributed by atoms with van der Waals surface area (Å²) in [4.78, 5) is 11.0. The summed E-state index contributed by atoms with van der Waals surface area (Å²) in [6.07, 6.45) is 12.7. The molecule has 1 N–H and O–H groups in total. The van der Waals surface area contributed by atoms with Gasteiger partial charge in [0.05, 0.1) is 13.2 Å². The van der Waals surface area contributed by atoms with Gasteiger partial charge < -0.3 is 14.3 Å². The van der Waals surface area contributed by atoms with Gasteiger partial charge in [-0.2, -0.15) is 0 Å². The number of unbranched alkanes of at least 4 members (excludes halogenated alkanes) is 6. The third kappa shape index (κ3) is 11.0. The van der Waals surface area contributed by atoms with Crippen molar-refractivity contribution in [3.8, 4) is 0 Å². The lowest BCUT2D eigenvalue weighted by molar-refractivity contribution is -0.140. The van der Waals surface area contributed by atoms with E-state index in [1.807, 2.05) is 6.07 Å². The van der Waals surface area contributed by atoms with Crippen molar-refractivity contribution in [1.29, 1.82) is 0 Å². The first-order valence-corrected chi connectivity index (χ1v) is 9.98. The predicted molar refractivity (Wildman–Crippen MR) is 101 cm³/mol. The highest BCUT2D eigenvalue weighted by Gasteiger charge is 2.07. The number of carbonyl (C=O) groups excluding carboxylic acids is 1. The molecule has 1 heterocycles. The molecule has 25 heavy (non-hydrogen) atoms. The Labute approximate surface area is 152 Å². The Kier molecular flexibility index (Phi) is 12.1. The minimum Gasteiger partial charge on any atom is -0.469 e. The van der Waals surface area contributed by atoms with Gasteiger partial charge in [0.25, 0.3) is 0 Å². The first kappa shape index (κ1) is 21.8. The van der Waals surface area contributed by atoms with E-state index in [-0.39, 0.29) is 12.1 Å². The Morgan fingerprint density at radius 1 is 1.00 bits per heavy atom. The van der Waals surface area contributed by atoms with Crippen LogP contribution in [-0.4, -0.2) is 24.3 Å². The number of aliphatic hydroxyl groups is 1. The Bertz CT molecular complexity index is 453. The highest BCUT2D eigenvalue weighted by molar-refractivity contribution is 5.68. The first-order chi connectivity index (χ1) is 12.2. The molecule has 1 rings (SSSR count). The number of furan rings is 1. The summed E-state index contributed by atoms with van der Waals surface area (Å²) in [5.74, 6) is 1.92. The molecule has 1 atom stereocenters. The molecular weight excluding hydrogens is 316 g/mol. The second-order valence-corrected chi connectivity index (χ2v) is 6.90. The van der Waals surface area contributed by atoms with Gasteiger partial charge in [-0.15, -0.1) is 0 Å². The Morgan fingerprint density at radius 2 is 1.68 bits per heavy atom. The van der Waals surface area contributed by atoms with Crippen LogP contribution in [0.1, 0.15) is 89.1 Å². The second kappa shape index (κ2) is 13.9. The highest BCUT2D eigenvalue weighted by Crippen LogP contribution is 2.16. The van der Waals surface area contributed by atoms with E-state index in [2.05, 4.69) is 17.7 Å². The second-order valence-electron chi connectivity index (χ2n) is 6.90. The van der Waals surface area contributed by atoms with Crippen molar-refractivity contribution in [1.82, 2.24) is 0 Å². The molecule has 0 bridgehead atoms. The monoisotopic (exact) mass is 352 g/mol. The lowest BCUT2D eigenvalue weighted by atomic mass is 10.1. The lowest BCUT2D eigenvalue weighted by Gasteiger charge is -2.08. The Hall–Kier alpha value is -1.29. The van der Waals surface area contributed by atoms with Gasteiger partial charge in [0.15, 0.2) is 0 Å². The van der Waals surface area contributed by atoms with Crippen molar-refractivity contribution in [3.63, 3.8) is 0 Å². The normalized spacial score (nSPS) is 12.3. The van der Waals surface area contributed by atoms with Crippen molar-refractivity contribution in [2.45, 2.75) is 96.5 Å². The minimum absolute atomic E-state index is 0.112. The maximum atomic E-state index is 11.0. The van der Waals surface area contributed by atoms with Gasteiger partial charge >= 0.3 is 5.97 Å². The number of carbonyl (C=O) groups is 1. The van der Waals surface area contributed by atoms with Crippen molar-refractivity contribution >= 4 is 5.97 Å². The Morgan fingerprint density at radius 3 is 2.40 bits per heavy atom. The number of rotatable bonds is 15. The zero-order chi connectivity index (χ0) is 18.3. The molecule has 0 radical (unpaired) electrons. The zero-order valence-corrected chi connectivity index (χ0v) is 16.1. The molecule has 0 aliphatic rings. The predicted octanol–water partition coefficient (Wildman–Crippen LogP) is 5.21. The molecular formula is C21H36O4. The number of methoxy groups -OCH3 is 1. The van der Waals surface area contributed by atoms with Gasteiger partial charge in [-0.25, -0.2) is 0 Å². The number of aliphatic hydroxyl groups excluding tert-OH is 1. The molecule has 4 nitrogen and oxygen atoms in total. The van der Waals surface area contributed by atoms with Gasteiger partial charge in [-0.3, -0.25) is 4.79 Å². The minimum atomic E-state index is -0.204. The number of aryl methyl sites for hydroxylation is 2. The van der Waals surface area contributed by atoms with E-state index >= 15 is 0 Å². The van der Waals surface area contributed by atoms with Crippen molar-refractivity contribution in [2.75, 3.05) is 7.11 Å². The molecule has 1 aromatic heterocycles. The quantitative estimate of drug-likeness (QED) is 0.348. The summed E-state index contributed by atoms with van der Waals surface area (Å²) in [6.45, 7) is 2.18. The molecule has 0 aliphatic carbocycles. The fourth-order valence-corrected chi connectivity index (χ4v) is 2.98. The highest BCUT2D eigenvalue weighted by atomic mass is 16.5. The molecule has 0 saturated heterocycles. The van der Waals surface area contributed by atoms with E-state index in [0.717, 1.165) is 75.7 Å². The number of esters is 1. The van der Waals surface area contributed by atoms with Crippen LogP contribution in [0.25, 0.3) is 0 Å². The van der Waals surface area contributed by atoms with Gasteiger partial charge in [0.2, 0.25) is 0 Å². The summed E-state index contributed by atoms with van der Waals surface area (Å²) in [6, 6.07) is 4.11. The molecule has 1 unspecified atom stereocenters. The summed E-state index contributed by atoms with van der Waals surface area (Å²) in [7, 11) is 1.44. The smallest absolute Gasteiger partial charge is 0.305 e. The molecule has 0 aliphatic heterocycles. The molecule has 1 aromatic rings. The van der Waals surface area contributed by atoms with Crippen molar-refractivity contribution in [3.05, 3.63) is 23.7 Å². The zero-order valence-electron chi connectivity index (χ0n) is 16.1. The van der Waals surface area contributed by atoms with Crippen molar-refractivity contribution in [2.24, 2.45) is 0 Å². The fourth-order valence-electron chi connectivity index (χ4n) is 2.98. The van der Waals surface area contributed by atoms with E-state index in [1.165, 1.54) is 20.0 Å². The summed E-state index contributed by atoms with van der Waals surface area (Å²) in [5.41, 5.74) is 0. The molecule has 0 spiro atoms. The molecule has 4 heteroatoms. The van der Waals surface area contributed by atoms with E-state index in [1.54, 1.807) is 0 Å². The van der Waals surface area contributed by atoms with Crippen LogP contribution in [0.4, 0.5) is 0 Å². The molecule has 0 amide bonds. The number of ether oxygens (including phenoxy) is 1. The standard InChI is InChI=1S/C21H36O4/c1-3-4-8-11-18(22)14-15-20-17-16-19(25-20)12-9-6-5-7-10-13-21(23)24-2/h16-18,22H,3-15H2,1-2H3. The number of hydrogen-bond acceptors (Lipinski definition) is 4. The van der Waals surface area contributed by atoms with Gasteiger partial charge in [-0.1, -0.05) is 45.4 Å². The maximum Gasteiger partial charge on any atom is 0.305 e. The fraction of sp³-hybridized carbons (Fsp3) is 0.762. The lowest BCUT2D eigenvalue weighted by Crippen LogP contribution is -2.07. The SMILES string of the molecule is CCCCCC(O)CCc1ccc(CCCCCCCC(=O)OC)o1. The average molecular weight is 353 g/mol. The molecule has 0 aromatic carbocycles. The maximum absolute atomic E-state index is 11.0. The van der Waals surface area contributed by atoms with Crippen LogP contribution in [0.5, 0.6) is 0 Å². The third-order valence-electron chi connectivity index (χ3n) is 4.61. The van der Waals surface area contributed by atoms with Gasteiger partial charge in [0.1, 0.15) is 11.5 Å². The van der Waals surface area contributed by atoms with E-state index < -0.39 is 0 Å². The molecule has 144 valence electrons. The van der Waals surface area contributed by atoms with E-state index in [0.29, 0.717) is 6.42 Å². The van der Waals surface area contributed by atoms with Crippen LogP contribution >= 0.6 is 0 Å². The van der Waals surface area contributed by atoms with Crippen LogP contribution in [0.15, 0.2) is 16.5 Å². The van der Waals surface area contributed by atoms with E-state index in [4.69, 9.17) is 4.42 Å². The average Bonchev–Trinajstić information content (AvgIpc) is 3.07. The van der Waals surface area contributed by atoms with Crippen LogP contribution in [0.3, 0.4) is 0 Å². The van der Waals surface area contributed by atoms with Crippen LogP contribution in [0.2, 0.25) is 0 Å².